The van der Waals surface area contributed by atoms with Crippen LogP contribution in [0.2, 0.25) is 0 Å². The lowest BCUT2D eigenvalue weighted by molar-refractivity contribution is 0.105. The number of rotatable bonds is 6. The summed E-state index contributed by atoms with van der Waals surface area (Å²) in [5, 5.41) is 0. The SMILES string of the molecule is COCCN1CCC(COc2ccc(Br)nc2)CC1. The van der Waals surface area contributed by atoms with Crippen LogP contribution in [0.5, 0.6) is 5.75 Å². The van der Waals surface area contributed by atoms with Crippen molar-refractivity contribution in [3.05, 3.63) is 22.9 Å². The number of piperidine rings is 1. The molecule has 0 aromatic carbocycles. The molecule has 1 aromatic rings. The Morgan fingerprint density at radius 1 is 1.37 bits per heavy atom. The first-order valence-electron chi connectivity index (χ1n) is 6.73. The predicted molar refractivity (Wildman–Crippen MR) is 78.5 cm³/mol. The van der Waals surface area contributed by atoms with Gasteiger partial charge in [-0.2, -0.15) is 0 Å². The third-order valence-electron chi connectivity index (χ3n) is 3.50. The average Bonchev–Trinajstić information content (AvgIpc) is 2.46. The molecule has 0 amide bonds. The number of methoxy groups -OCH3 is 1. The van der Waals surface area contributed by atoms with Gasteiger partial charge >= 0.3 is 0 Å². The van der Waals surface area contributed by atoms with Gasteiger partial charge in [0.2, 0.25) is 0 Å². The van der Waals surface area contributed by atoms with Gasteiger partial charge in [-0.25, -0.2) is 4.98 Å². The lowest BCUT2D eigenvalue weighted by Crippen LogP contribution is -2.37. The molecule has 19 heavy (non-hydrogen) atoms. The van der Waals surface area contributed by atoms with Crippen LogP contribution in [0.4, 0.5) is 0 Å². The minimum Gasteiger partial charge on any atom is -0.492 e. The van der Waals surface area contributed by atoms with E-state index < -0.39 is 0 Å². The number of likely N-dealkylation sites (tertiary alicyclic amines) is 1. The number of aromatic nitrogens is 1. The molecule has 0 aliphatic carbocycles. The number of hydrogen-bond donors (Lipinski definition) is 0. The molecular weight excluding hydrogens is 308 g/mol. The van der Waals surface area contributed by atoms with E-state index in [1.54, 1.807) is 13.3 Å². The summed E-state index contributed by atoms with van der Waals surface area (Å²) < 4.78 is 11.7. The van der Waals surface area contributed by atoms with E-state index in [1.807, 2.05) is 12.1 Å². The molecule has 1 aromatic heterocycles. The van der Waals surface area contributed by atoms with Crippen LogP contribution >= 0.6 is 15.9 Å². The molecule has 5 heteroatoms. The zero-order valence-electron chi connectivity index (χ0n) is 11.3. The molecule has 0 N–H and O–H groups in total. The highest BCUT2D eigenvalue weighted by atomic mass is 79.9. The zero-order chi connectivity index (χ0) is 13.5. The van der Waals surface area contributed by atoms with Gasteiger partial charge < -0.3 is 14.4 Å². The second-order valence-electron chi connectivity index (χ2n) is 4.91. The average molecular weight is 329 g/mol. The van der Waals surface area contributed by atoms with Crippen molar-refractivity contribution in [2.75, 3.05) is 40.0 Å². The summed E-state index contributed by atoms with van der Waals surface area (Å²) in [5.41, 5.74) is 0. The maximum atomic E-state index is 5.79. The molecule has 0 bridgehead atoms. The molecule has 2 rings (SSSR count). The van der Waals surface area contributed by atoms with Gasteiger partial charge in [-0.1, -0.05) is 0 Å². The van der Waals surface area contributed by atoms with Crippen molar-refractivity contribution in [1.82, 2.24) is 9.88 Å². The molecule has 0 saturated carbocycles. The predicted octanol–water partition coefficient (Wildman–Crippen LogP) is 2.58. The highest BCUT2D eigenvalue weighted by molar-refractivity contribution is 9.10. The van der Waals surface area contributed by atoms with E-state index in [4.69, 9.17) is 9.47 Å². The molecule has 0 radical (unpaired) electrons. The van der Waals surface area contributed by atoms with E-state index in [9.17, 15) is 0 Å². The molecular formula is C14H21BrN2O2. The molecule has 0 spiro atoms. The first kappa shape index (κ1) is 14.8. The van der Waals surface area contributed by atoms with Crippen LogP contribution in [0, 0.1) is 5.92 Å². The van der Waals surface area contributed by atoms with Crippen molar-refractivity contribution in [3.8, 4) is 5.75 Å². The summed E-state index contributed by atoms with van der Waals surface area (Å²) in [6.45, 7) is 4.96. The summed E-state index contributed by atoms with van der Waals surface area (Å²) in [7, 11) is 1.76. The van der Waals surface area contributed by atoms with E-state index >= 15 is 0 Å². The Morgan fingerprint density at radius 3 is 2.79 bits per heavy atom. The van der Waals surface area contributed by atoms with E-state index in [1.165, 1.54) is 12.8 Å². The van der Waals surface area contributed by atoms with Gasteiger partial charge in [-0.3, -0.25) is 0 Å². The van der Waals surface area contributed by atoms with Crippen molar-refractivity contribution >= 4 is 15.9 Å². The van der Waals surface area contributed by atoms with Crippen LogP contribution in [0.3, 0.4) is 0 Å². The lowest BCUT2D eigenvalue weighted by atomic mass is 9.98. The second-order valence-corrected chi connectivity index (χ2v) is 5.72. The molecule has 4 nitrogen and oxygen atoms in total. The fourth-order valence-corrected chi connectivity index (χ4v) is 2.49. The van der Waals surface area contributed by atoms with Gasteiger partial charge in [-0.15, -0.1) is 0 Å². The van der Waals surface area contributed by atoms with Crippen LogP contribution in [0.15, 0.2) is 22.9 Å². The van der Waals surface area contributed by atoms with Gasteiger partial charge in [0.25, 0.3) is 0 Å². The van der Waals surface area contributed by atoms with Crippen molar-refractivity contribution in [1.29, 1.82) is 0 Å². The molecule has 1 fully saturated rings. The Labute approximate surface area is 123 Å². The number of ether oxygens (including phenoxy) is 2. The number of pyridine rings is 1. The van der Waals surface area contributed by atoms with E-state index in [0.717, 1.165) is 43.2 Å². The smallest absolute Gasteiger partial charge is 0.137 e. The quantitative estimate of drug-likeness (QED) is 0.752. The van der Waals surface area contributed by atoms with Crippen LogP contribution in [0.25, 0.3) is 0 Å². The molecule has 0 unspecified atom stereocenters. The molecule has 1 aliphatic rings. The molecule has 1 saturated heterocycles. The van der Waals surface area contributed by atoms with Gasteiger partial charge in [0.05, 0.1) is 19.4 Å². The van der Waals surface area contributed by atoms with Crippen LogP contribution < -0.4 is 4.74 Å². The monoisotopic (exact) mass is 328 g/mol. The third kappa shape index (κ3) is 5.09. The molecule has 106 valence electrons. The summed E-state index contributed by atoms with van der Waals surface area (Å²) >= 11 is 3.32. The largest absolute Gasteiger partial charge is 0.492 e. The summed E-state index contributed by atoms with van der Waals surface area (Å²) in [5.74, 6) is 1.51. The van der Waals surface area contributed by atoms with Gasteiger partial charge in [0.1, 0.15) is 10.4 Å². The first-order valence-corrected chi connectivity index (χ1v) is 7.53. The fraction of sp³-hybridized carbons (Fsp3) is 0.643. The van der Waals surface area contributed by atoms with Gasteiger partial charge in [-0.05, 0) is 59.9 Å². The van der Waals surface area contributed by atoms with E-state index in [-0.39, 0.29) is 0 Å². The number of hydrogen-bond acceptors (Lipinski definition) is 4. The Morgan fingerprint density at radius 2 is 2.16 bits per heavy atom. The minimum absolute atomic E-state index is 0.655. The van der Waals surface area contributed by atoms with Crippen molar-refractivity contribution in [2.24, 2.45) is 5.92 Å². The Balaban J connectivity index is 1.67. The van der Waals surface area contributed by atoms with Crippen molar-refractivity contribution in [2.45, 2.75) is 12.8 Å². The second kappa shape index (κ2) is 7.82. The van der Waals surface area contributed by atoms with Crippen molar-refractivity contribution in [3.63, 3.8) is 0 Å². The fourth-order valence-electron chi connectivity index (χ4n) is 2.26. The van der Waals surface area contributed by atoms with Crippen LogP contribution in [-0.4, -0.2) is 49.8 Å². The molecule has 2 heterocycles. The Bertz CT molecular complexity index is 364. The topological polar surface area (TPSA) is 34.6 Å². The zero-order valence-corrected chi connectivity index (χ0v) is 12.9. The van der Waals surface area contributed by atoms with Crippen LogP contribution in [-0.2, 0) is 4.74 Å². The normalized spacial score (nSPS) is 17.6. The summed E-state index contributed by atoms with van der Waals surface area (Å²) in [6, 6.07) is 3.85. The van der Waals surface area contributed by atoms with Gasteiger partial charge in [0, 0.05) is 13.7 Å². The summed E-state index contributed by atoms with van der Waals surface area (Å²) in [6.07, 6.45) is 4.17. The molecule has 1 aliphatic heterocycles. The molecule has 0 atom stereocenters. The Hall–Kier alpha value is -0.650. The first-order chi connectivity index (χ1) is 9.28. The minimum atomic E-state index is 0.655. The van der Waals surface area contributed by atoms with Crippen LogP contribution in [0.1, 0.15) is 12.8 Å². The maximum absolute atomic E-state index is 5.79. The highest BCUT2D eigenvalue weighted by Gasteiger charge is 2.19. The standard InChI is InChI=1S/C14H21BrN2O2/c1-18-9-8-17-6-4-12(5-7-17)11-19-13-2-3-14(15)16-10-13/h2-3,10,12H,4-9,11H2,1H3. The number of nitrogens with zero attached hydrogens (tertiary/aromatic N) is 2. The maximum Gasteiger partial charge on any atom is 0.137 e. The van der Waals surface area contributed by atoms with Crippen molar-refractivity contribution < 1.29 is 9.47 Å². The third-order valence-corrected chi connectivity index (χ3v) is 3.97. The Kier molecular flexibility index (Phi) is 6.07. The lowest BCUT2D eigenvalue weighted by Gasteiger charge is -2.31. The summed E-state index contributed by atoms with van der Waals surface area (Å²) in [4.78, 5) is 6.62. The van der Waals surface area contributed by atoms with Gasteiger partial charge in [0.15, 0.2) is 0 Å². The van der Waals surface area contributed by atoms with E-state index in [2.05, 4.69) is 25.8 Å². The number of halogens is 1. The van der Waals surface area contributed by atoms with E-state index in [0.29, 0.717) is 5.92 Å². The highest BCUT2D eigenvalue weighted by Crippen LogP contribution is 2.19.